The standard InChI is InChI=1S/C17H16FNO/c1-12(2)13-4-3-5-17(9-13)20-11-15-8-16(18)7-6-14(15)10-19/h3-9,12H,11H2,1-2H3. The van der Waals surface area contributed by atoms with Crippen molar-refractivity contribution in [1.82, 2.24) is 0 Å². The zero-order valence-corrected chi connectivity index (χ0v) is 11.6. The molecule has 0 aromatic heterocycles. The quantitative estimate of drug-likeness (QED) is 0.824. The van der Waals surface area contributed by atoms with Gasteiger partial charge in [-0.25, -0.2) is 4.39 Å². The highest BCUT2D eigenvalue weighted by Crippen LogP contribution is 2.21. The van der Waals surface area contributed by atoms with E-state index in [9.17, 15) is 4.39 Å². The third-order valence-corrected chi connectivity index (χ3v) is 3.11. The Morgan fingerprint density at radius 2 is 2.00 bits per heavy atom. The van der Waals surface area contributed by atoms with Crippen molar-refractivity contribution in [2.24, 2.45) is 0 Å². The number of rotatable bonds is 4. The Labute approximate surface area is 118 Å². The number of halogens is 1. The lowest BCUT2D eigenvalue weighted by Gasteiger charge is -2.11. The van der Waals surface area contributed by atoms with Gasteiger partial charge in [-0.2, -0.15) is 5.26 Å². The van der Waals surface area contributed by atoms with Crippen LogP contribution in [0.4, 0.5) is 4.39 Å². The number of hydrogen-bond acceptors (Lipinski definition) is 2. The molecule has 0 N–H and O–H groups in total. The molecule has 0 aliphatic heterocycles. The summed E-state index contributed by atoms with van der Waals surface area (Å²) >= 11 is 0. The van der Waals surface area contributed by atoms with Crippen molar-refractivity contribution in [2.45, 2.75) is 26.4 Å². The molecule has 0 saturated carbocycles. The van der Waals surface area contributed by atoms with E-state index in [0.29, 0.717) is 17.0 Å². The highest BCUT2D eigenvalue weighted by Gasteiger charge is 2.06. The Morgan fingerprint density at radius 3 is 2.70 bits per heavy atom. The van der Waals surface area contributed by atoms with Crippen LogP contribution in [0.15, 0.2) is 42.5 Å². The molecule has 3 heteroatoms. The van der Waals surface area contributed by atoms with Gasteiger partial charge >= 0.3 is 0 Å². The molecular weight excluding hydrogens is 253 g/mol. The van der Waals surface area contributed by atoms with Gasteiger partial charge in [0.2, 0.25) is 0 Å². The van der Waals surface area contributed by atoms with Gasteiger partial charge in [0.25, 0.3) is 0 Å². The molecule has 0 saturated heterocycles. The molecule has 0 radical (unpaired) electrons. The summed E-state index contributed by atoms with van der Waals surface area (Å²) < 4.78 is 18.9. The Kier molecular flexibility index (Phi) is 4.37. The van der Waals surface area contributed by atoms with Crippen molar-refractivity contribution in [2.75, 3.05) is 0 Å². The van der Waals surface area contributed by atoms with Crippen LogP contribution in [-0.4, -0.2) is 0 Å². The van der Waals surface area contributed by atoms with E-state index in [-0.39, 0.29) is 12.4 Å². The van der Waals surface area contributed by atoms with Crippen LogP contribution in [0.5, 0.6) is 5.75 Å². The summed E-state index contributed by atoms with van der Waals surface area (Å²) in [4.78, 5) is 0. The minimum absolute atomic E-state index is 0.183. The fourth-order valence-corrected chi connectivity index (χ4v) is 1.92. The summed E-state index contributed by atoms with van der Waals surface area (Å²) in [6.45, 7) is 4.40. The molecule has 2 nitrogen and oxygen atoms in total. The van der Waals surface area contributed by atoms with Gasteiger partial charge in [0, 0.05) is 5.56 Å². The Morgan fingerprint density at radius 1 is 1.20 bits per heavy atom. The van der Waals surface area contributed by atoms with Gasteiger partial charge in [-0.1, -0.05) is 26.0 Å². The van der Waals surface area contributed by atoms with E-state index in [1.165, 1.54) is 23.8 Å². The van der Waals surface area contributed by atoms with Gasteiger partial charge in [-0.05, 0) is 41.8 Å². The van der Waals surface area contributed by atoms with Gasteiger partial charge in [0.1, 0.15) is 18.2 Å². The zero-order chi connectivity index (χ0) is 14.5. The molecule has 102 valence electrons. The van der Waals surface area contributed by atoms with Crippen molar-refractivity contribution in [1.29, 1.82) is 5.26 Å². The maximum atomic E-state index is 13.2. The second kappa shape index (κ2) is 6.21. The van der Waals surface area contributed by atoms with E-state index >= 15 is 0 Å². The molecule has 2 aromatic rings. The molecule has 0 atom stereocenters. The number of nitriles is 1. The van der Waals surface area contributed by atoms with Gasteiger partial charge in [-0.3, -0.25) is 0 Å². The molecule has 0 fully saturated rings. The molecule has 0 bridgehead atoms. The molecule has 0 aliphatic rings. The van der Waals surface area contributed by atoms with Crippen LogP contribution in [0.3, 0.4) is 0 Å². The first kappa shape index (κ1) is 14.1. The fraction of sp³-hybridized carbons (Fsp3) is 0.235. The van der Waals surface area contributed by atoms with E-state index in [2.05, 4.69) is 13.8 Å². The van der Waals surface area contributed by atoms with E-state index in [1.54, 1.807) is 0 Å². The third kappa shape index (κ3) is 3.36. The first-order valence-electron chi connectivity index (χ1n) is 6.51. The molecule has 0 amide bonds. The predicted octanol–water partition coefficient (Wildman–Crippen LogP) is 4.40. The zero-order valence-electron chi connectivity index (χ0n) is 11.6. The topological polar surface area (TPSA) is 33.0 Å². The molecule has 0 heterocycles. The van der Waals surface area contributed by atoms with E-state index < -0.39 is 0 Å². The number of ether oxygens (including phenoxy) is 1. The van der Waals surface area contributed by atoms with E-state index in [0.717, 1.165) is 5.75 Å². The van der Waals surface area contributed by atoms with Crippen LogP contribution < -0.4 is 4.74 Å². The highest BCUT2D eigenvalue weighted by atomic mass is 19.1. The average molecular weight is 269 g/mol. The summed E-state index contributed by atoms with van der Waals surface area (Å²) in [5.41, 5.74) is 2.18. The Hall–Kier alpha value is -2.34. The summed E-state index contributed by atoms with van der Waals surface area (Å²) in [5.74, 6) is 0.783. The summed E-state index contributed by atoms with van der Waals surface area (Å²) in [6, 6.07) is 13.9. The first-order valence-corrected chi connectivity index (χ1v) is 6.51. The van der Waals surface area contributed by atoms with Gasteiger partial charge < -0.3 is 4.74 Å². The van der Waals surface area contributed by atoms with E-state index in [1.807, 2.05) is 30.3 Å². The molecule has 2 rings (SSSR count). The van der Waals surface area contributed by atoms with Crippen molar-refractivity contribution >= 4 is 0 Å². The lowest BCUT2D eigenvalue weighted by atomic mass is 10.0. The predicted molar refractivity (Wildman–Crippen MR) is 76.0 cm³/mol. The van der Waals surface area contributed by atoms with Crippen LogP contribution in [0.1, 0.15) is 36.5 Å². The minimum Gasteiger partial charge on any atom is -0.489 e. The molecule has 0 aliphatic carbocycles. The normalized spacial score (nSPS) is 10.3. The monoisotopic (exact) mass is 269 g/mol. The van der Waals surface area contributed by atoms with Crippen molar-refractivity contribution in [3.8, 4) is 11.8 Å². The van der Waals surface area contributed by atoms with Crippen molar-refractivity contribution in [3.63, 3.8) is 0 Å². The van der Waals surface area contributed by atoms with Crippen molar-refractivity contribution < 1.29 is 9.13 Å². The van der Waals surface area contributed by atoms with Crippen LogP contribution >= 0.6 is 0 Å². The summed E-state index contributed by atoms with van der Waals surface area (Å²) in [6.07, 6.45) is 0. The van der Waals surface area contributed by atoms with Gasteiger partial charge in [0.05, 0.1) is 11.6 Å². The van der Waals surface area contributed by atoms with Crippen LogP contribution in [0.2, 0.25) is 0 Å². The minimum atomic E-state index is -0.362. The number of nitrogens with zero attached hydrogens (tertiary/aromatic N) is 1. The lowest BCUT2D eigenvalue weighted by molar-refractivity contribution is 0.305. The van der Waals surface area contributed by atoms with Crippen LogP contribution in [0, 0.1) is 17.1 Å². The largest absolute Gasteiger partial charge is 0.489 e. The third-order valence-electron chi connectivity index (χ3n) is 3.11. The SMILES string of the molecule is CC(C)c1cccc(OCc2cc(F)ccc2C#N)c1. The molecule has 0 spiro atoms. The molecule has 2 aromatic carbocycles. The summed E-state index contributed by atoms with van der Waals surface area (Å²) in [7, 11) is 0. The van der Waals surface area contributed by atoms with Crippen LogP contribution in [0.25, 0.3) is 0 Å². The smallest absolute Gasteiger partial charge is 0.123 e. The molecule has 0 unspecified atom stereocenters. The Balaban J connectivity index is 2.15. The fourth-order valence-electron chi connectivity index (χ4n) is 1.92. The second-order valence-corrected chi connectivity index (χ2v) is 4.93. The van der Waals surface area contributed by atoms with Gasteiger partial charge in [-0.15, -0.1) is 0 Å². The first-order chi connectivity index (χ1) is 9.60. The number of benzene rings is 2. The summed E-state index contributed by atoms with van der Waals surface area (Å²) in [5, 5.41) is 9.00. The molecular formula is C17H16FNO. The maximum absolute atomic E-state index is 13.2. The van der Waals surface area contributed by atoms with E-state index in [4.69, 9.17) is 10.00 Å². The van der Waals surface area contributed by atoms with Crippen molar-refractivity contribution in [3.05, 3.63) is 65.0 Å². The Bertz CT molecular complexity index is 644. The molecule has 20 heavy (non-hydrogen) atoms. The van der Waals surface area contributed by atoms with Crippen LogP contribution in [-0.2, 0) is 6.61 Å². The van der Waals surface area contributed by atoms with Gasteiger partial charge in [0.15, 0.2) is 0 Å². The number of hydrogen-bond donors (Lipinski definition) is 0. The maximum Gasteiger partial charge on any atom is 0.123 e. The lowest BCUT2D eigenvalue weighted by Crippen LogP contribution is -2.00. The second-order valence-electron chi connectivity index (χ2n) is 4.93. The highest BCUT2D eigenvalue weighted by molar-refractivity contribution is 5.38. The average Bonchev–Trinajstić information content (AvgIpc) is 2.45.